The molecule has 6 heteroatoms. The normalized spacial score (nSPS) is 18.8. The van der Waals surface area contributed by atoms with Crippen LogP contribution in [0.15, 0.2) is 103 Å². The minimum Gasteiger partial charge on any atom is -0.509 e. The summed E-state index contributed by atoms with van der Waals surface area (Å²) in [4.78, 5) is 4.98. The summed E-state index contributed by atoms with van der Waals surface area (Å²) in [6.07, 6.45) is 1.93. The van der Waals surface area contributed by atoms with Gasteiger partial charge in [0.2, 0.25) is 11.4 Å². The first-order chi connectivity index (χ1) is 28.3. The largest absolute Gasteiger partial charge is 0.509 e. The van der Waals surface area contributed by atoms with Crippen LogP contribution in [0.25, 0.3) is 27.6 Å². The van der Waals surface area contributed by atoms with Gasteiger partial charge in [0, 0.05) is 68.5 Å². The Bertz CT molecular complexity index is 2900. The number of benzene rings is 5. The summed E-state index contributed by atoms with van der Waals surface area (Å²) in [5.74, 6) is 2.19. The van der Waals surface area contributed by atoms with Gasteiger partial charge < -0.3 is 9.30 Å². The maximum absolute atomic E-state index is 6.98. The summed E-state index contributed by atoms with van der Waals surface area (Å²) in [5.41, 5.74) is 13.1. The Morgan fingerprint density at radius 2 is 1.11 bits per heavy atom. The number of aromatic nitrogens is 2. The van der Waals surface area contributed by atoms with Crippen molar-refractivity contribution in [2.45, 2.75) is 131 Å². The fourth-order valence-corrected chi connectivity index (χ4v) is 9.14. The van der Waals surface area contributed by atoms with E-state index < -0.39 is 0 Å². The predicted octanol–water partition coefficient (Wildman–Crippen LogP) is 15.4. The standard InChI is InChI=1S/C56H63N4O.Pt/c1-52(2,3)36-17-16-18-41(27-36)59-35-60(59,50-31-38(54(7,8)9)20-24-49(50)59)42-28-40(56(13,14)15)29-44(33-42)61-43-21-23-46-45-22-19-37(53(4,5)6)30-47(45)58(48(46)34-43)51-32-39(25-26-57-51)55(10,11)12;/h16-32,35H,1-15H3;/q-1;/t59-,60?;/m0./s1. The zero-order valence-corrected chi connectivity index (χ0v) is 41.7. The SMILES string of the molecule is CC(C)(C)c1cc(Oc2[c-]c3c(cc2)c2ccc(C(C)(C)C)cc2n3-c2cc(C(C)(C)C)ccn2)[c-]c([N+]23[CH-][N@+]2(c2cccc(C(C)(C)C)c2)c2ccc(C(C)(C)C)cc23)c1.[Pt]. The van der Waals surface area contributed by atoms with Crippen LogP contribution in [-0.2, 0) is 48.1 Å². The molecule has 2 atom stereocenters. The monoisotopic (exact) mass is 1000 g/mol. The average molecular weight is 1000 g/mol. The molecule has 0 amide bonds. The minimum atomic E-state index is -0.145. The van der Waals surface area contributed by atoms with Crippen molar-refractivity contribution in [2.24, 2.45) is 0 Å². The molecule has 1 unspecified atom stereocenters. The maximum atomic E-state index is 6.98. The molecular weight excluding hydrogens is 940 g/mol. The number of fused-ring (bicyclic) bond motifs is 7. The summed E-state index contributed by atoms with van der Waals surface area (Å²) in [5, 5.41) is 2.28. The van der Waals surface area contributed by atoms with Crippen molar-refractivity contribution >= 4 is 44.6 Å². The molecule has 0 saturated carbocycles. The number of rotatable bonds is 5. The van der Waals surface area contributed by atoms with Crippen LogP contribution >= 0.6 is 0 Å². The Morgan fingerprint density at radius 1 is 0.516 bits per heavy atom. The molecule has 9 rings (SSSR count). The van der Waals surface area contributed by atoms with Crippen molar-refractivity contribution in [1.29, 1.82) is 0 Å². The van der Waals surface area contributed by atoms with E-state index in [0.29, 0.717) is 20.7 Å². The van der Waals surface area contributed by atoms with Crippen LogP contribution in [0, 0.1) is 18.8 Å². The second kappa shape index (κ2) is 14.2. The van der Waals surface area contributed by atoms with E-state index in [0.717, 1.165) is 27.9 Å². The molecule has 0 bridgehead atoms. The van der Waals surface area contributed by atoms with Crippen LogP contribution < -0.4 is 13.9 Å². The van der Waals surface area contributed by atoms with E-state index in [1.165, 1.54) is 50.3 Å². The third kappa shape index (κ3) is 6.98. The van der Waals surface area contributed by atoms with Gasteiger partial charge in [-0.25, -0.2) is 9.58 Å². The Hall–Kier alpha value is -4.54. The molecule has 2 aromatic heterocycles. The van der Waals surface area contributed by atoms with Crippen LogP contribution in [0.1, 0.15) is 132 Å². The molecule has 5 aromatic carbocycles. The zero-order valence-electron chi connectivity index (χ0n) is 39.4. The van der Waals surface area contributed by atoms with Crippen molar-refractivity contribution in [3.63, 3.8) is 0 Å². The third-order valence-electron chi connectivity index (χ3n) is 13.1. The van der Waals surface area contributed by atoms with Gasteiger partial charge >= 0.3 is 0 Å². The van der Waals surface area contributed by atoms with Gasteiger partial charge in [0.1, 0.15) is 5.82 Å². The van der Waals surface area contributed by atoms with Crippen LogP contribution in [0.2, 0.25) is 0 Å². The van der Waals surface area contributed by atoms with E-state index in [4.69, 9.17) is 9.72 Å². The molecule has 2 aliphatic heterocycles. The van der Waals surface area contributed by atoms with Gasteiger partial charge in [-0.2, -0.15) is 10.7 Å². The van der Waals surface area contributed by atoms with Gasteiger partial charge in [0.25, 0.3) is 0 Å². The number of ether oxygens (including phenoxy) is 1. The molecule has 0 radical (unpaired) electrons. The first kappa shape index (κ1) is 44.1. The molecule has 1 fully saturated rings. The molecule has 4 heterocycles. The molecule has 62 heavy (non-hydrogen) atoms. The fraction of sp³-hybridized carbons (Fsp3) is 0.357. The third-order valence-corrected chi connectivity index (χ3v) is 13.1. The summed E-state index contributed by atoms with van der Waals surface area (Å²) in [6.45, 7) is 36.6. The second-order valence-corrected chi connectivity index (χ2v) is 22.8. The molecule has 324 valence electrons. The van der Waals surface area contributed by atoms with Gasteiger partial charge in [0.05, 0.1) is 5.69 Å². The summed E-state index contributed by atoms with van der Waals surface area (Å²) in [6, 6.07) is 43.9. The van der Waals surface area contributed by atoms with Gasteiger partial charge in [-0.05, 0) is 72.9 Å². The smallest absolute Gasteiger partial charge is 0.225 e. The van der Waals surface area contributed by atoms with Crippen LogP contribution in [-0.4, -0.2) is 9.55 Å². The van der Waals surface area contributed by atoms with E-state index in [9.17, 15) is 0 Å². The summed E-state index contributed by atoms with van der Waals surface area (Å²) in [7, 11) is 0. The molecule has 0 aliphatic carbocycles. The second-order valence-electron chi connectivity index (χ2n) is 22.8. The molecule has 7 aromatic rings. The maximum Gasteiger partial charge on any atom is 0.225 e. The molecule has 0 spiro atoms. The number of quaternary nitrogens is 2. The van der Waals surface area contributed by atoms with E-state index in [-0.39, 0.29) is 48.1 Å². The van der Waals surface area contributed by atoms with Gasteiger partial charge in [-0.15, -0.1) is 35.2 Å². The van der Waals surface area contributed by atoms with Crippen molar-refractivity contribution < 1.29 is 25.8 Å². The fourth-order valence-electron chi connectivity index (χ4n) is 9.14. The number of hydrogen-bond donors (Lipinski definition) is 0. The predicted molar refractivity (Wildman–Crippen MR) is 256 cm³/mol. The van der Waals surface area contributed by atoms with E-state index in [1.54, 1.807) is 0 Å². The molecule has 2 aliphatic rings. The minimum absolute atomic E-state index is 0. The van der Waals surface area contributed by atoms with E-state index in [1.807, 2.05) is 6.20 Å². The Kier molecular flexibility index (Phi) is 10.1. The Balaban J connectivity index is 0.00000529. The van der Waals surface area contributed by atoms with Crippen molar-refractivity contribution in [1.82, 2.24) is 18.7 Å². The van der Waals surface area contributed by atoms with Crippen LogP contribution in [0.4, 0.5) is 22.7 Å². The molecular formula is C56H63N4OPt-. The van der Waals surface area contributed by atoms with Gasteiger partial charge in [-0.3, -0.25) is 0 Å². The molecule has 1 saturated heterocycles. The zero-order chi connectivity index (χ0) is 43.9. The number of hydrogen-bond acceptors (Lipinski definition) is 2. The van der Waals surface area contributed by atoms with Crippen molar-refractivity contribution in [2.75, 3.05) is 0 Å². The Labute approximate surface area is 385 Å². The van der Waals surface area contributed by atoms with Crippen molar-refractivity contribution in [3.8, 4) is 17.3 Å². The average Bonchev–Trinajstić information content (AvgIpc) is 3.67. The van der Waals surface area contributed by atoms with E-state index >= 15 is 0 Å². The number of pyridine rings is 1. The first-order valence-electron chi connectivity index (χ1n) is 22.0. The van der Waals surface area contributed by atoms with E-state index in [2.05, 4.69) is 224 Å². The summed E-state index contributed by atoms with van der Waals surface area (Å²) < 4.78 is 10.4. The van der Waals surface area contributed by atoms with Crippen molar-refractivity contribution in [3.05, 3.63) is 150 Å². The molecule has 0 N–H and O–H groups in total. The quantitative estimate of drug-likeness (QED) is 0.0976. The molecule has 5 nitrogen and oxygen atoms in total. The first-order valence-corrected chi connectivity index (χ1v) is 22.0. The van der Waals surface area contributed by atoms with Gasteiger partial charge in [-0.1, -0.05) is 146 Å². The number of nitrogens with zero attached hydrogens (tertiary/aromatic N) is 4. The van der Waals surface area contributed by atoms with Crippen LogP contribution in [0.5, 0.6) is 11.5 Å². The van der Waals surface area contributed by atoms with Crippen LogP contribution in [0.3, 0.4) is 0 Å². The topological polar surface area (TPSA) is 27.1 Å². The Morgan fingerprint density at radius 3 is 1.77 bits per heavy atom. The summed E-state index contributed by atoms with van der Waals surface area (Å²) >= 11 is 0. The van der Waals surface area contributed by atoms with Gasteiger partial charge in [0.15, 0.2) is 12.4 Å².